The predicted octanol–water partition coefficient (Wildman–Crippen LogP) is 2.01. The third-order valence-electron chi connectivity index (χ3n) is 3.96. The Balaban J connectivity index is 1.97. The molecule has 2 aromatic rings. The molecule has 5 nitrogen and oxygen atoms in total. The first kappa shape index (κ1) is 16.7. The van der Waals surface area contributed by atoms with Crippen LogP contribution in [0, 0.1) is 20.8 Å². The lowest BCUT2D eigenvalue weighted by Crippen LogP contribution is -2.27. The molecule has 0 aliphatic heterocycles. The van der Waals surface area contributed by atoms with E-state index in [1.807, 2.05) is 56.8 Å². The Morgan fingerprint density at radius 1 is 1.18 bits per heavy atom. The van der Waals surface area contributed by atoms with Crippen LogP contribution < -0.4 is 4.72 Å². The first-order valence-electron chi connectivity index (χ1n) is 7.31. The molecule has 1 aromatic heterocycles. The molecule has 0 saturated carbocycles. The fraction of sp³-hybridized carbons (Fsp3) is 0.438. The van der Waals surface area contributed by atoms with E-state index < -0.39 is 10.0 Å². The predicted molar refractivity (Wildman–Crippen MR) is 88.2 cm³/mol. The maximum absolute atomic E-state index is 12.2. The number of nitrogens with zero attached hydrogens (tertiary/aromatic N) is 2. The minimum atomic E-state index is -3.32. The molecule has 22 heavy (non-hydrogen) atoms. The summed E-state index contributed by atoms with van der Waals surface area (Å²) in [4.78, 5) is 0. The van der Waals surface area contributed by atoms with Crippen molar-refractivity contribution in [3.8, 4) is 0 Å². The number of sulfonamides is 1. The fourth-order valence-electron chi connectivity index (χ4n) is 2.54. The Morgan fingerprint density at radius 3 is 2.45 bits per heavy atom. The number of rotatable bonds is 6. The summed E-state index contributed by atoms with van der Waals surface area (Å²) in [6.45, 7) is 6.26. The van der Waals surface area contributed by atoms with Gasteiger partial charge in [-0.3, -0.25) is 4.68 Å². The lowest BCUT2D eigenvalue weighted by Gasteiger charge is -2.09. The molecular weight excluding hydrogens is 298 g/mol. The Bertz CT molecular complexity index is 764. The molecule has 2 rings (SSSR count). The first-order valence-corrected chi connectivity index (χ1v) is 8.96. The summed E-state index contributed by atoms with van der Waals surface area (Å²) < 4.78 is 28.9. The largest absolute Gasteiger partial charge is 0.272 e. The number of aromatic nitrogens is 2. The maximum atomic E-state index is 12.2. The van der Waals surface area contributed by atoms with Crippen LogP contribution in [0.2, 0.25) is 0 Å². The number of nitrogens with one attached hydrogen (secondary N) is 1. The van der Waals surface area contributed by atoms with Gasteiger partial charge < -0.3 is 0 Å². The van der Waals surface area contributed by atoms with Crippen LogP contribution in [0.25, 0.3) is 0 Å². The van der Waals surface area contributed by atoms with Crippen molar-refractivity contribution in [3.05, 3.63) is 52.3 Å². The molecule has 0 unspecified atom stereocenters. The molecule has 0 spiro atoms. The number of aryl methyl sites for hydroxylation is 3. The Labute approximate surface area is 132 Å². The fourth-order valence-corrected chi connectivity index (χ4v) is 3.79. The molecule has 0 saturated heterocycles. The number of hydrogen-bond acceptors (Lipinski definition) is 3. The second kappa shape index (κ2) is 6.62. The standard InChI is InChI=1S/C16H23N3O2S/c1-12-7-5-6-8-15(12)11-22(20,21)17-10-9-16-13(2)18-19(4)14(16)3/h5-8,17H,9-11H2,1-4H3. The molecule has 0 aliphatic carbocycles. The Hall–Kier alpha value is -1.66. The molecule has 0 atom stereocenters. The molecule has 0 amide bonds. The van der Waals surface area contributed by atoms with E-state index in [9.17, 15) is 8.42 Å². The molecule has 0 bridgehead atoms. The van der Waals surface area contributed by atoms with Crippen LogP contribution in [0.5, 0.6) is 0 Å². The van der Waals surface area contributed by atoms with Crippen molar-refractivity contribution in [2.45, 2.75) is 32.9 Å². The van der Waals surface area contributed by atoms with E-state index in [0.29, 0.717) is 13.0 Å². The van der Waals surface area contributed by atoms with Crippen molar-refractivity contribution in [2.75, 3.05) is 6.54 Å². The van der Waals surface area contributed by atoms with Gasteiger partial charge in [0.2, 0.25) is 10.0 Å². The molecule has 0 aliphatic rings. The maximum Gasteiger partial charge on any atom is 0.215 e. The van der Waals surface area contributed by atoms with Gasteiger partial charge in [-0.2, -0.15) is 5.10 Å². The van der Waals surface area contributed by atoms with Crippen LogP contribution in [0.1, 0.15) is 28.1 Å². The monoisotopic (exact) mass is 321 g/mol. The van der Waals surface area contributed by atoms with Crippen LogP contribution >= 0.6 is 0 Å². The highest BCUT2D eigenvalue weighted by Gasteiger charge is 2.14. The van der Waals surface area contributed by atoms with Gasteiger partial charge in [-0.15, -0.1) is 0 Å². The normalized spacial score (nSPS) is 11.8. The smallest absolute Gasteiger partial charge is 0.215 e. The lowest BCUT2D eigenvalue weighted by atomic mass is 10.1. The van der Waals surface area contributed by atoms with Gasteiger partial charge >= 0.3 is 0 Å². The average molecular weight is 321 g/mol. The van der Waals surface area contributed by atoms with Gasteiger partial charge in [-0.1, -0.05) is 24.3 Å². The second-order valence-corrected chi connectivity index (χ2v) is 7.41. The number of hydrogen-bond donors (Lipinski definition) is 1. The second-order valence-electron chi connectivity index (χ2n) is 5.60. The Morgan fingerprint density at radius 2 is 1.86 bits per heavy atom. The quantitative estimate of drug-likeness (QED) is 0.885. The van der Waals surface area contributed by atoms with Crippen molar-refractivity contribution >= 4 is 10.0 Å². The minimum Gasteiger partial charge on any atom is -0.272 e. The van der Waals surface area contributed by atoms with Gasteiger partial charge in [0, 0.05) is 19.3 Å². The highest BCUT2D eigenvalue weighted by atomic mass is 32.2. The highest BCUT2D eigenvalue weighted by molar-refractivity contribution is 7.88. The summed E-state index contributed by atoms with van der Waals surface area (Å²) in [5.41, 5.74) is 4.98. The van der Waals surface area contributed by atoms with Crippen LogP contribution in [0.3, 0.4) is 0 Å². The lowest BCUT2D eigenvalue weighted by molar-refractivity contribution is 0.580. The zero-order valence-electron chi connectivity index (χ0n) is 13.5. The van der Waals surface area contributed by atoms with Crippen LogP contribution in [-0.4, -0.2) is 24.7 Å². The summed E-state index contributed by atoms with van der Waals surface area (Å²) in [5, 5.41) is 4.34. The first-order chi connectivity index (χ1) is 10.3. The average Bonchev–Trinajstić information content (AvgIpc) is 2.67. The van der Waals surface area contributed by atoms with Crippen molar-refractivity contribution < 1.29 is 8.42 Å². The molecule has 0 radical (unpaired) electrons. The van der Waals surface area contributed by atoms with E-state index in [4.69, 9.17) is 0 Å². The molecule has 1 heterocycles. The van der Waals surface area contributed by atoms with Crippen molar-refractivity contribution in [1.82, 2.24) is 14.5 Å². The van der Waals surface area contributed by atoms with Crippen LogP contribution in [0.4, 0.5) is 0 Å². The molecule has 120 valence electrons. The SMILES string of the molecule is Cc1ccccc1CS(=O)(=O)NCCc1c(C)nn(C)c1C. The van der Waals surface area contributed by atoms with Gasteiger partial charge in [-0.05, 0) is 43.9 Å². The van der Waals surface area contributed by atoms with Crippen LogP contribution in [0.15, 0.2) is 24.3 Å². The molecule has 0 fully saturated rings. The van der Waals surface area contributed by atoms with E-state index in [2.05, 4.69) is 9.82 Å². The molecule has 1 aromatic carbocycles. The van der Waals surface area contributed by atoms with Crippen molar-refractivity contribution in [1.29, 1.82) is 0 Å². The van der Waals surface area contributed by atoms with Crippen molar-refractivity contribution in [3.63, 3.8) is 0 Å². The van der Waals surface area contributed by atoms with Crippen LogP contribution in [-0.2, 0) is 29.2 Å². The zero-order valence-corrected chi connectivity index (χ0v) is 14.4. The van der Waals surface area contributed by atoms with Crippen molar-refractivity contribution in [2.24, 2.45) is 7.05 Å². The zero-order chi connectivity index (χ0) is 16.3. The Kier molecular flexibility index (Phi) is 5.03. The third-order valence-corrected chi connectivity index (χ3v) is 5.30. The summed E-state index contributed by atoms with van der Waals surface area (Å²) in [5.74, 6) is 0.0185. The highest BCUT2D eigenvalue weighted by Crippen LogP contribution is 2.13. The molecular formula is C16H23N3O2S. The van der Waals surface area contributed by atoms with E-state index in [1.165, 1.54) is 0 Å². The van der Waals surface area contributed by atoms with E-state index in [0.717, 1.165) is 28.1 Å². The van der Waals surface area contributed by atoms with Gasteiger partial charge in [-0.25, -0.2) is 13.1 Å². The summed E-state index contributed by atoms with van der Waals surface area (Å²) >= 11 is 0. The summed E-state index contributed by atoms with van der Waals surface area (Å²) in [6.07, 6.45) is 0.651. The molecule has 6 heteroatoms. The third kappa shape index (κ3) is 3.96. The van der Waals surface area contributed by atoms with Gasteiger partial charge in [0.05, 0.1) is 11.4 Å². The summed E-state index contributed by atoms with van der Waals surface area (Å²) in [7, 11) is -1.43. The van der Waals surface area contributed by atoms with E-state index >= 15 is 0 Å². The topological polar surface area (TPSA) is 64.0 Å². The van der Waals surface area contributed by atoms with E-state index in [1.54, 1.807) is 0 Å². The van der Waals surface area contributed by atoms with Gasteiger partial charge in [0.25, 0.3) is 0 Å². The number of benzene rings is 1. The van der Waals surface area contributed by atoms with Gasteiger partial charge in [0.1, 0.15) is 0 Å². The molecule has 1 N–H and O–H groups in total. The summed E-state index contributed by atoms with van der Waals surface area (Å²) in [6, 6.07) is 7.55. The van der Waals surface area contributed by atoms with Gasteiger partial charge in [0.15, 0.2) is 0 Å². The van der Waals surface area contributed by atoms with E-state index in [-0.39, 0.29) is 5.75 Å². The minimum absolute atomic E-state index is 0.0185.